The highest BCUT2D eigenvalue weighted by Crippen LogP contribution is 2.16. The molecular weight excluding hydrogens is 373 g/mol. The minimum absolute atomic E-state index is 0.103. The molecule has 0 spiro atoms. The number of imidazole rings is 1. The van der Waals surface area contributed by atoms with E-state index >= 15 is 0 Å². The summed E-state index contributed by atoms with van der Waals surface area (Å²) in [5, 5.41) is 0. The van der Waals surface area contributed by atoms with Crippen molar-refractivity contribution in [2.75, 3.05) is 45.8 Å². The second-order valence-electron chi connectivity index (χ2n) is 7.64. The molecule has 0 unspecified atom stereocenters. The predicted molar refractivity (Wildman–Crippen MR) is 106 cm³/mol. The lowest BCUT2D eigenvalue weighted by molar-refractivity contribution is -0.133. The lowest BCUT2D eigenvalue weighted by Crippen LogP contribution is -2.52. The summed E-state index contributed by atoms with van der Waals surface area (Å²) >= 11 is 0. The van der Waals surface area contributed by atoms with Crippen LogP contribution >= 0.6 is 0 Å². The van der Waals surface area contributed by atoms with E-state index in [9.17, 15) is 14.0 Å². The van der Waals surface area contributed by atoms with Crippen LogP contribution in [0.3, 0.4) is 0 Å². The van der Waals surface area contributed by atoms with Gasteiger partial charge in [-0.3, -0.25) is 19.1 Å². The van der Waals surface area contributed by atoms with Crippen LogP contribution in [0.1, 0.15) is 29.8 Å². The number of carbonyl (C=O) groups is 2. The van der Waals surface area contributed by atoms with Crippen LogP contribution in [0.15, 0.2) is 36.8 Å². The molecule has 0 bridgehead atoms. The number of amides is 2. The molecule has 2 aromatic rings. The predicted octanol–water partition coefficient (Wildman–Crippen LogP) is 1.78. The van der Waals surface area contributed by atoms with Crippen molar-refractivity contribution in [2.24, 2.45) is 0 Å². The fourth-order valence-electron chi connectivity index (χ4n) is 3.97. The van der Waals surface area contributed by atoms with Gasteiger partial charge in [-0.1, -0.05) is 0 Å². The van der Waals surface area contributed by atoms with E-state index in [1.54, 1.807) is 27.9 Å². The molecule has 2 fully saturated rings. The van der Waals surface area contributed by atoms with Crippen LogP contribution in [0.2, 0.25) is 0 Å². The number of hydrogen-bond acceptors (Lipinski definition) is 4. The van der Waals surface area contributed by atoms with E-state index in [0.717, 1.165) is 25.9 Å². The van der Waals surface area contributed by atoms with E-state index in [2.05, 4.69) is 9.88 Å². The van der Waals surface area contributed by atoms with Crippen molar-refractivity contribution in [1.29, 1.82) is 0 Å². The lowest BCUT2D eigenvalue weighted by Gasteiger charge is -2.36. The van der Waals surface area contributed by atoms with Crippen molar-refractivity contribution in [2.45, 2.75) is 19.3 Å². The number of rotatable bonds is 4. The quantitative estimate of drug-likeness (QED) is 0.786. The number of benzene rings is 1. The number of halogens is 1. The van der Waals surface area contributed by atoms with Gasteiger partial charge < -0.3 is 9.80 Å². The van der Waals surface area contributed by atoms with E-state index < -0.39 is 0 Å². The number of carbonyl (C=O) groups excluding carboxylic acids is 2. The SMILES string of the molecule is O=C(CN1CCN(C(=O)c2cncn2-c2ccc(F)cc2)CC1)N1CCCCC1. The molecule has 2 aliphatic rings. The van der Waals surface area contributed by atoms with Crippen LogP contribution in [-0.4, -0.2) is 81.9 Å². The standard InChI is InChI=1S/C21H26FN5O2/c22-17-4-6-18(7-5-17)27-16-23-14-19(27)21(29)26-12-10-24(11-13-26)15-20(28)25-8-2-1-3-9-25/h4-7,14,16H,1-3,8-13,15H2. The Morgan fingerprint density at radius 1 is 0.897 bits per heavy atom. The molecule has 3 heterocycles. The molecule has 0 radical (unpaired) electrons. The fraction of sp³-hybridized carbons (Fsp3) is 0.476. The van der Waals surface area contributed by atoms with Gasteiger partial charge in [-0.2, -0.15) is 0 Å². The number of piperazine rings is 1. The van der Waals surface area contributed by atoms with Crippen LogP contribution in [0, 0.1) is 5.82 Å². The summed E-state index contributed by atoms with van der Waals surface area (Å²) in [5.74, 6) is -0.232. The van der Waals surface area contributed by atoms with Gasteiger partial charge in [0.2, 0.25) is 5.91 Å². The van der Waals surface area contributed by atoms with Crippen molar-refractivity contribution < 1.29 is 14.0 Å². The van der Waals surface area contributed by atoms with E-state index in [0.29, 0.717) is 44.1 Å². The Hall–Kier alpha value is -2.74. The first-order valence-electron chi connectivity index (χ1n) is 10.2. The van der Waals surface area contributed by atoms with Crippen molar-refractivity contribution >= 4 is 11.8 Å². The molecule has 1 aromatic heterocycles. The molecule has 0 N–H and O–H groups in total. The monoisotopic (exact) mass is 399 g/mol. The molecule has 0 saturated carbocycles. The van der Waals surface area contributed by atoms with Gasteiger partial charge >= 0.3 is 0 Å². The van der Waals surface area contributed by atoms with Crippen LogP contribution in [0.5, 0.6) is 0 Å². The maximum absolute atomic E-state index is 13.2. The molecule has 8 heteroatoms. The number of likely N-dealkylation sites (tertiary alicyclic amines) is 1. The molecule has 2 saturated heterocycles. The van der Waals surface area contributed by atoms with E-state index in [1.807, 2.05) is 4.90 Å². The van der Waals surface area contributed by atoms with Crippen LogP contribution in [0.4, 0.5) is 4.39 Å². The van der Waals surface area contributed by atoms with Crippen molar-refractivity contribution in [1.82, 2.24) is 24.3 Å². The zero-order valence-corrected chi connectivity index (χ0v) is 16.5. The Morgan fingerprint density at radius 3 is 2.28 bits per heavy atom. The smallest absolute Gasteiger partial charge is 0.272 e. The molecule has 29 heavy (non-hydrogen) atoms. The highest BCUT2D eigenvalue weighted by Gasteiger charge is 2.27. The van der Waals surface area contributed by atoms with Gasteiger partial charge in [-0.15, -0.1) is 0 Å². The molecule has 2 amide bonds. The third kappa shape index (κ3) is 4.48. The highest BCUT2D eigenvalue weighted by atomic mass is 19.1. The Morgan fingerprint density at radius 2 is 1.59 bits per heavy atom. The second kappa shape index (κ2) is 8.73. The zero-order valence-electron chi connectivity index (χ0n) is 16.5. The Kier molecular flexibility index (Phi) is 5.89. The van der Waals surface area contributed by atoms with Gasteiger partial charge in [-0.05, 0) is 43.5 Å². The Bertz CT molecular complexity index is 852. The summed E-state index contributed by atoms with van der Waals surface area (Å²) in [6, 6.07) is 5.97. The molecule has 2 aliphatic heterocycles. The molecule has 7 nitrogen and oxygen atoms in total. The molecular formula is C21H26FN5O2. The normalized spacial score (nSPS) is 18.1. The van der Waals surface area contributed by atoms with Crippen molar-refractivity contribution in [3.63, 3.8) is 0 Å². The van der Waals surface area contributed by atoms with E-state index in [1.165, 1.54) is 24.8 Å². The molecule has 154 valence electrons. The number of piperidine rings is 1. The summed E-state index contributed by atoms with van der Waals surface area (Å²) in [5.41, 5.74) is 1.15. The Labute approximate surface area is 169 Å². The van der Waals surface area contributed by atoms with E-state index in [4.69, 9.17) is 0 Å². The minimum Gasteiger partial charge on any atom is -0.342 e. The van der Waals surface area contributed by atoms with E-state index in [-0.39, 0.29) is 17.6 Å². The fourth-order valence-corrected chi connectivity index (χ4v) is 3.97. The third-order valence-corrected chi connectivity index (χ3v) is 5.69. The number of aromatic nitrogens is 2. The van der Waals surface area contributed by atoms with Crippen LogP contribution in [-0.2, 0) is 4.79 Å². The van der Waals surface area contributed by atoms with Gasteiger partial charge in [0.15, 0.2) is 0 Å². The summed E-state index contributed by atoms with van der Waals surface area (Å²) in [6.07, 6.45) is 6.50. The van der Waals surface area contributed by atoms with Crippen molar-refractivity contribution in [3.05, 3.63) is 48.3 Å². The number of hydrogen-bond donors (Lipinski definition) is 0. The summed E-state index contributed by atoms with van der Waals surface area (Å²) in [7, 11) is 0. The summed E-state index contributed by atoms with van der Waals surface area (Å²) in [6.45, 7) is 4.65. The summed E-state index contributed by atoms with van der Waals surface area (Å²) < 4.78 is 14.9. The molecule has 0 aliphatic carbocycles. The number of nitrogens with zero attached hydrogens (tertiary/aromatic N) is 5. The van der Waals surface area contributed by atoms with Crippen LogP contribution in [0.25, 0.3) is 5.69 Å². The second-order valence-corrected chi connectivity index (χ2v) is 7.64. The minimum atomic E-state index is -0.322. The van der Waals surface area contributed by atoms with Gasteiger partial charge in [-0.25, -0.2) is 9.37 Å². The third-order valence-electron chi connectivity index (χ3n) is 5.69. The Balaban J connectivity index is 1.34. The highest BCUT2D eigenvalue weighted by molar-refractivity contribution is 5.93. The summed E-state index contributed by atoms with van der Waals surface area (Å²) in [4.78, 5) is 35.4. The molecule has 1 aromatic carbocycles. The van der Waals surface area contributed by atoms with Gasteiger partial charge in [0.05, 0.1) is 19.1 Å². The average Bonchev–Trinajstić information content (AvgIpc) is 3.25. The lowest BCUT2D eigenvalue weighted by atomic mass is 10.1. The maximum atomic E-state index is 13.2. The molecule has 4 rings (SSSR count). The van der Waals surface area contributed by atoms with Crippen LogP contribution < -0.4 is 0 Å². The zero-order chi connectivity index (χ0) is 20.2. The van der Waals surface area contributed by atoms with Gasteiger partial charge in [0.25, 0.3) is 5.91 Å². The first-order chi connectivity index (χ1) is 14.1. The topological polar surface area (TPSA) is 61.7 Å². The van der Waals surface area contributed by atoms with Gasteiger partial charge in [0.1, 0.15) is 11.5 Å². The molecule has 0 atom stereocenters. The van der Waals surface area contributed by atoms with Gasteiger partial charge in [0, 0.05) is 45.0 Å². The first kappa shape index (κ1) is 19.6. The average molecular weight is 399 g/mol. The van der Waals surface area contributed by atoms with Crippen molar-refractivity contribution in [3.8, 4) is 5.69 Å². The first-order valence-corrected chi connectivity index (χ1v) is 10.2. The largest absolute Gasteiger partial charge is 0.342 e. The maximum Gasteiger partial charge on any atom is 0.272 e.